The zero-order valence-electron chi connectivity index (χ0n) is 25.1. The lowest BCUT2D eigenvalue weighted by molar-refractivity contribution is -0.137. The molecule has 0 fully saturated rings. The van der Waals surface area contributed by atoms with Gasteiger partial charge in [0, 0.05) is 56.7 Å². The highest BCUT2D eigenvalue weighted by Crippen LogP contribution is 2.38. The number of rotatable bonds is 10. The third kappa shape index (κ3) is 5.61. The number of fused-ring (bicyclic) bond motifs is 2. The lowest BCUT2D eigenvalue weighted by atomic mass is 9.90. The first-order valence-electron chi connectivity index (χ1n) is 14.5. The van der Waals surface area contributed by atoms with Crippen molar-refractivity contribution < 1.29 is 14.0 Å². The van der Waals surface area contributed by atoms with Crippen molar-refractivity contribution in [3.8, 4) is 0 Å². The Balaban J connectivity index is 1.32. The van der Waals surface area contributed by atoms with E-state index in [1.54, 1.807) is 53.8 Å². The van der Waals surface area contributed by atoms with Crippen LogP contribution in [0.2, 0.25) is 0 Å². The van der Waals surface area contributed by atoms with Crippen LogP contribution < -0.4 is 15.4 Å². The third-order valence-corrected chi connectivity index (χ3v) is 8.32. The molecule has 0 unspecified atom stereocenters. The number of furan rings is 1. The molecule has 4 aromatic rings. The van der Waals surface area contributed by atoms with Crippen LogP contribution in [-0.2, 0) is 29.1 Å². The number of hydrogen-bond donors (Lipinski definition) is 0. The molecule has 9 nitrogen and oxygen atoms in total. The van der Waals surface area contributed by atoms with Gasteiger partial charge in [-0.05, 0) is 88.5 Å². The van der Waals surface area contributed by atoms with Gasteiger partial charge in [-0.1, -0.05) is 12.1 Å². The van der Waals surface area contributed by atoms with Gasteiger partial charge < -0.3 is 18.8 Å². The molecule has 2 amide bonds. The number of amides is 2. The number of carbonyl (C=O) groups excluding carboxylic acids is 2. The van der Waals surface area contributed by atoms with Crippen LogP contribution in [0.25, 0.3) is 11.0 Å². The Labute approximate surface area is 246 Å². The Morgan fingerprint density at radius 3 is 2.57 bits per heavy atom. The van der Waals surface area contributed by atoms with Crippen LogP contribution in [0.15, 0.2) is 70.3 Å². The molecule has 1 aromatic carbocycles. The van der Waals surface area contributed by atoms with Crippen LogP contribution in [-0.4, -0.2) is 52.9 Å². The largest absolute Gasteiger partial charge is 0.459 e. The lowest BCUT2D eigenvalue weighted by Crippen LogP contribution is -2.47. The van der Waals surface area contributed by atoms with Gasteiger partial charge in [-0.3, -0.25) is 24.3 Å². The van der Waals surface area contributed by atoms with E-state index in [0.717, 1.165) is 59.5 Å². The number of nitrogens with zero attached hydrogens (tertiary/aromatic N) is 5. The number of carbonyl (C=O) groups is 2. The second-order valence-electron chi connectivity index (χ2n) is 11.5. The highest BCUT2D eigenvalue weighted by atomic mass is 16.3. The fourth-order valence-electron chi connectivity index (χ4n) is 5.72. The highest BCUT2D eigenvalue weighted by molar-refractivity contribution is 6.19. The van der Waals surface area contributed by atoms with E-state index in [0.29, 0.717) is 25.2 Å². The van der Waals surface area contributed by atoms with Gasteiger partial charge in [-0.15, -0.1) is 0 Å². The quantitative estimate of drug-likeness (QED) is 0.255. The van der Waals surface area contributed by atoms with Gasteiger partial charge in [-0.2, -0.15) is 0 Å². The molecular weight excluding hydrogens is 530 g/mol. The lowest BCUT2D eigenvalue weighted by Gasteiger charge is -2.27. The first-order chi connectivity index (χ1) is 20.1. The van der Waals surface area contributed by atoms with Crippen molar-refractivity contribution in [2.75, 3.05) is 36.5 Å². The molecule has 1 aliphatic heterocycles. The summed E-state index contributed by atoms with van der Waals surface area (Å²) < 4.78 is 7.12. The fourth-order valence-corrected chi connectivity index (χ4v) is 5.72. The minimum Gasteiger partial charge on any atom is -0.459 e. The Kier molecular flexibility index (Phi) is 8.31. The molecule has 0 N–H and O–H groups in total. The van der Waals surface area contributed by atoms with Crippen LogP contribution in [0.5, 0.6) is 0 Å². The number of benzene rings is 1. The minimum atomic E-state index is -1.13. The van der Waals surface area contributed by atoms with Crippen LogP contribution >= 0.6 is 0 Å². The van der Waals surface area contributed by atoms with E-state index in [1.165, 1.54) is 0 Å². The molecule has 3 aromatic heterocycles. The van der Waals surface area contributed by atoms with E-state index in [9.17, 15) is 14.4 Å². The molecule has 42 heavy (non-hydrogen) atoms. The van der Waals surface area contributed by atoms with Gasteiger partial charge in [0.2, 0.25) is 11.8 Å². The Hall–Kier alpha value is -4.24. The number of aryl methyl sites for hydroxylation is 2. The van der Waals surface area contributed by atoms with Crippen molar-refractivity contribution in [2.24, 2.45) is 5.41 Å². The summed E-state index contributed by atoms with van der Waals surface area (Å²) in [4.78, 5) is 49.5. The Morgan fingerprint density at radius 2 is 1.81 bits per heavy atom. The number of hydrogen-bond acceptors (Lipinski definition) is 6. The molecule has 1 aliphatic rings. The second kappa shape index (κ2) is 11.9. The summed E-state index contributed by atoms with van der Waals surface area (Å²) in [5, 5.41) is 0.808. The fraction of sp³-hybridized carbons (Fsp3) is 0.394. The standard InChI is InChI=1S/C33H39N5O4/c1-6-38-27-12-11-24(21-28(27)35(5)31(40)33(3,4)32(38)41)9-8-16-36(22-26-10-7-15-34-23(26)2)18-19-37-17-13-25-14-20-42-29(25)30(37)39/h7,10-15,17,20-21H,6,8-9,16,18-19,22H2,1-5H3. The molecule has 9 heteroatoms. The first-order valence-corrected chi connectivity index (χ1v) is 14.5. The molecule has 5 rings (SSSR count). The van der Waals surface area contributed by atoms with Gasteiger partial charge in [0.15, 0.2) is 5.58 Å². The molecule has 0 radical (unpaired) electrons. The average Bonchev–Trinajstić information content (AvgIpc) is 3.46. The van der Waals surface area contributed by atoms with Crippen LogP contribution in [0.4, 0.5) is 11.4 Å². The first kappa shape index (κ1) is 29.3. The number of aromatic nitrogens is 2. The maximum absolute atomic E-state index is 13.2. The third-order valence-electron chi connectivity index (χ3n) is 8.32. The molecular formula is C33H39N5O4. The Bertz CT molecular complexity index is 1670. The van der Waals surface area contributed by atoms with E-state index in [2.05, 4.69) is 22.0 Å². The highest BCUT2D eigenvalue weighted by Gasteiger charge is 2.45. The predicted octanol–water partition coefficient (Wildman–Crippen LogP) is 4.79. The van der Waals surface area contributed by atoms with Crippen molar-refractivity contribution in [2.45, 2.75) is 53.6 Å². The molecule has 0 atom stereocenters. The average molecular weight is 570 g/mol. The molecule has 0 saturated heterocycles. The monoisotopic (exact) mass is 569 g/mol. The summed E-state index contributed by atoms with van der Waals surface area (Å²) in [6, 6.07) is 13.8. The summed E-state index contributed by atoms with van der Waals surface area (Å²) >= 11 is 0. The summed E-state index contributed by atoms with van der Waals surface area (Å²) in [6.45, 7) is 10.6. The van der Waals surface area contributed by atoms with E-state index in [1.807, 2.05) is 44.3 Å². The molecule has 0 aliphatic carbocycles. The topological polar surface area (TPSA) is 91.9 Å². The maximum atomic E-state index is 13.2. The van der Waals surface area contributed by atoms with Crippen molar-refractivity contribution in [3.05, 3.63) is 88.3 Å². The van der Waals surface area contributed by atoms with Gasteiger partial charge in [0.25, 0.3) is 5.56 Å². The maximum Gasteiger partial charge on any atom is 0.294 e. The van der Waals surface area contributed by atoms with E-state index < -0.39 is 5.41 Å². The number of anilines is 2. The molecule has 220 valence electrons. The summed E-state index contributed by atoms with van der Waals surface area (Å²) in [5.41, 5.74) is 3.91. The molecule has 4 heterocycles. The summed E-state index contributed by atoms with van der Waals surface area (Å²) in [5.74, 6) is -0.386. The second-order valence-corrected chi connectivity index (χ2v) is 11.5. The SMILES string of the molecule is CCN1C(=O)C(C)(C)C(=O)N(C)c2cc(CCCN(CCn3ccc4ccoc4c3=O)Cc3cccnc3C)ccc21. The predicted molar refractivity (Wildman–Crippen MR) is 165 cm³/mol. The van der Waals surface area contributed by atoms with Gasteiger partial charge in [-0.25, -0.2) is 0 Å². The molecule has 0 spiro atoms. The molecule has 0 bridgehead atoms. The Morgan fingerprint density at radius 1 is 1.00 bits per heavy atom. The van der Waals surface area contributed by atoms with Gasteiger partial charge in [0.1, 0.15) is 5.41 Å². The smallest absolute Gasteiger partial charge is 0.294 e. The minimum absolute atomic E-state index is 0.124. The summed E-state index contributed by atoms with van der Waals surface area (Å²) in [7, 11) is 1.75. The van der Waals surface area contributed by atoms with E-state index in [-0.39, 0.29) is 17.4 Å². The van der Waals surface area contributed by atoms with Crippen molar-refractivity contribution in [1.29, 1.82) is 0 Å². The van der Waals surface area contributed by atoms with Crippen molar-refractivity contribution >= 4 is 34.2 Å². The van der Waals surface area contributed by atoms with Crippen molar-refractivity contribution in [1.82, 2.24) is 14.5 Å². The van der Waals surface area contributed by atoms with Gasteiger partial charge >= 0.3 is 0 Å². The van der Waals surface area contributed by atoms with E-state index in [4.69, 9.17) is 4.42 Å². The van der Waals surface area contributed by atoms with Crippen molar-refractivity contribution in [3.63, 3.8) is 0 Å². The van der Waals surface area contributed by atoms with Crippen LogP contribution in [0.1, 0.15) is 44.0 Å². The van der Waals surface area contributed by atoms with Gasteiger partial charge in [0.05, 0.1) is 17.6 Å². The van der Waals surface area contributed by atoms with Crippen LogP contribution in [0, 0.1) is 12.3 Å². The molecule has 0 saturated carbocycles. The normalized spacial score (nSPS) is 15.0. The number of pyridine rings is 2. The zero-order valence-corrected chi connectivity index (χ0v) is 25.1. The van der Waals surface area contributed by atoms with E-state index >= 15 is 0 Å². The summed E-state index contributed by atoms with van der Waals surface area (Å²) in [6.07, 6.45) is 6.86. The zero-order chi connectivity index (χ0) is 30.0. The van der Waals surface area contributed by atoms with Crippen LogP contribution in [0.3, 0.4) is 0 Å².